The van der Waals surface area contributed by atoms with Crippen molar-refractivity contribution < 1.29 is 4.74 Å². The number of likely N-dealkylation sites (N-methyl/N-ethyl adjacent to an activating group) is 1. The largest absolute Gasteiger partial charge is 0.372 e. The molecule has 0 aliphatic carbocycles. The van der Waals surface area contributed by atoms with Crippen LogP contribution in [-0.2, 0) is 4.74 Å². The lowest BCUT2D eigenvalue weighted by Crippen LogP contribution is -2.35. The first-order valence-corrected chi connectivity index (χ1v) is 6.34. The summed E-state index contributed by atoms with van der Waals surface area (Å²) in [5.74, 6) is 0. The molecular weight excluding hydrogens is 210 g/mol. The van der Waals surface area contributed by atoms with E-state index in [-0.39, 0.29) is 6.10 Å². The Bertz CT molecular complexity index is 310. The quantitative estimate of drug-likeness (QED) is 0.695. The first kappa shape index (κ1) is 13.9. The van der Waals surface area contributed by atoms with Crippen molar-refractivity contribution in [2.45, 2.75) is 32.4 Å². The number of rotatable bonds is 8. The van der Waals surface area contributed by atoms with Crippen molar-refractivity contribution in [1.29, 1.82) is 0 Å². The summed E-state index contributed by atoms with van der Waals surface area (Å²) in [4.78, 5) is 0. The van der Waals surface area contributed by atoms with E-state index in [0.717, 1.165) is 19.6 Å². The minimum Gasteiger partial charge on any atom is -0.372 e. The fraction of sp³-hybridized carbons (Fsp3) is 0.467. The fourth-order valence-electron chi connectivity index (χ4n) is 2.02. The Kier molecular flexibility index (Phi) is 6.60. The minimum absolute atomic E-state index is 0.0964. The van der Waals surface area contributed by atoms with E-state index in [2.05, 4.69) is 43.1 Å². The van der Waals surface area contributed by atoms with Gasteiger partial charge in [0.15, 0.2) is 0 Å². The SMILES string of the molecule is C=CCC(NCC)C(OCC)c1ccccc1. The van der Waals surface area contributed by atoms with E-state index in [0.29, 0.717) is 6.04 Å². The van der Waals surface area contributed by atoms with E-state index in [9.17, 15) is 0 Å². The molecule has 0 fully saturated rings. The number of ether oxygens (including phenoxy) is 1. The van der Waals surface area contributed by atoms with Gasteiger partial charge in [0, 0.05) is 12.6 Å². The van der Waals surface area contributed by atoms with Crippen LogP contribution in [0.3, 0.4) is 0 Å². The van der Waals surface area contributed by atoms with E-state index in [1.807, 2.05) is 19.1 Å². The number of benzene rings is 1. The second kappa shape index (κ2) is 8.04. The molecule has 0 aliphatic rings. The van der Waals surface area contributed by atoms with Crippen molar-refractivity contribution >= 4 is 0 Å². The second-order valence-corrected chi connectivity index (χ2v) is 3.98. The third-order valence-corrected chi connectivity index (χ3v) is 2.73. The highest BCUT2D eigenvalue weighted by Crippen LogP contribution is 2.23. The molecule has 2 heteroatoms. The molecule has 0 saturated carbocycles. The van der Waals surface area contributed by atoms with Crippen LogP contribution in [0, 0.1) is 0 Å². The maximum atomic E-state index is 5.88. The third kappa shape index (κ3) is 4.33. The molecule has 0 bridgehead atoms. The van der Waals surface area contributed by atoms with Crippen molar-refractivity contribution in [3.05, 3.63) is 48.6 Å². The Morgan fingerprint density at radius 2 is 2.00 bits per heavy atom. The molecule has 0 aromatic heterocycles. The van der Waals surface area contributed by atoms with Gasteiger partial charge in [0.1, 0.15) is 0 Å². The summed E-state index contributed by atoms with van der Waals surface area (Å²) in [7, 11) is 0. The first-order chi connectivity index (χ1) is 8.33. The van der Waals surface area contributed by atoms with Gasteiger partial charge < -0.3 is 10.1 Å². The smallest absolute Gasteiger partial charge is 0.0980 e. The Labute approximate surface area is 105 Å². The Morgan fingerprint density at radius 3 is 2.53 bits per heavy atom. The van der Waals surface area contributed by atoms with Gasteiger partial charge in [-0.15, -0.1) is 6.58 Å². The predicted octanol–water partition coefficient (Wildman–Crippen LogP) is 3.32. The molecule has 2 nitrogen and oxygen atoms in total. The number of nitrogens with one attached hydrogen (secondary N) is 1. The average molecular weight is 233 g/mol. The zero-order valence-electron chi connectivity index (χ0n) is 10.9. The van der Waals surface area contributed by atoms with Crippen molar-refractivity contribution in [2.75, 3.05) is 13.2 Å². The van der Waals surface area contributed by atoms with E-state index in [4.69, 9.17) is 4.74 Å². The van der Waals surface area contributed by atoms with Gasteiger partial charge in [0.25, 0.3) is 0 Å². The van der Waals surface area contributed by atoms with Crippen LogP contribution in [0.1, 0.15) is 31.9 Å². The zero-order chi connectivity index (χ0) is 12.5. The summed E-state index contributed by atoms with van der Waals surface area (Å²) in [6.07, 6.45) is 2.95. The van der Waals surface area contributed by atoms with E-state index >= 15 is 0 Å². The van der Waals surface area contributed by atoms with Crippen molar-refractivity contribution in [3.8, 4) is 0 Å². The van der Waals surface area contributed by atoms with Crippen LogP contribution in [-0.4, -0.2) is 19.2 Å². The van der Waals surface area contributed by atoms with Crippen LogP contribution in [0.25, 0.3) is 0 Å². The van der Waals surface area contributed by atoms with Crippen LogP contribution < -0.4 is 5.32 Å². The summed E-state index contributed by atoms with van der Waals surface area (Å²) in [6.45, 7) is 9.63. The molecular formula is C15H23NO. The molecule has 0 heterocycles. The van der Waals surface area contributed by atoms with Crippen molar-refractivity contribution in [1.82, 2.24) is 5.32 Å². The summed E-state index contributed by atoms with van der Waals surface area (Å²) in [5, 5.41) is 3.47. The predicted molar refractivity (Wildman–Crippen MR) is 73.1 cm³/mol. The summed E-state index contributed by atoms with van der Waals surface area (Å²) < 4.78 is 5.88. The zero-order valence-corrected chi connectivity index (χ0v) is 10.9. The molecule has 0 radical (unpaired) electrons. The van der Waals surface area contributed by atoms with Crippen LogP contribution in [0.5, 0.6) is 0 Å². The molecule has 0 aliphatic heterocycles. The molecule has 1 rings (SSSR count). The highest BCUT2D eigenvalue weighted by molar-refractivity contribution is 5.19. The van der Waals surface area contributed by atoms with Gasteiger partial charge in [-0.25, -0.2) is 0 Å². The summed E-state index contributed by atoms with van der Waals surface area (Å²) in [6, 6.07) is 10.7. The lowest BCUT2D eigenvalue weighted by molar-refractivity contribution is 0.0343. The number of hydrogen-bond acceptors (Lipinski definition) is 2. The molecule has 0 spiro atoms. The van der Waals surface area contributed by atoms with E-state index in [1.165, 1.54) is 5.56 Å². The molecule has 1 N–H and O–H groups in total. The molecule has 94 valence electrons. The highest BCUT2D eigenvalue weighted by atomic mass is 16.5. The maximum Gasteiger partial charge on any atom is 0.0980 e. The van der Waals surface area contributed by atoms with E-state index < -0.39 is 0 Å². The van der Waals surface area contributed by atoms with Crippen LogP contribution in [0.2, 0.25) is 0 Å². The number of hydrogen-bond donors (Lipinski definition) is 1. The van der Waals surface area contributed by atoms with Gasteiger partial charge in [-0.3, -0.25) is 0 Å². The highest BCUT2D eigenvalue weighted by Gasteiger charge is 2.21. The fourth-order valence-corrected chi connectivity index (χ4v) is 2.02. The molecule has 1 aromatic carbocycles. The maximum absolute atomic E-state index is 5.88. The van der Waals surface area contributed by atoms with Gasteiger partial charge in [-0.2, -0.15) is 0 Å². The Hall–Kier alpha value is -1.12. The normalized spacial score (nSPS) is 14.2. The Morgan fingerprint density at radius 1 is 1.29 bits per heavy atom. The van der Waals surface area contributed by atoms with Gasteiger partial charge >= 0.3 is 0 Å². The third-order valence-electron chi connectivity index (χ3n) is 2.73. The minimum atomic E-state index is 0.0964. The van der Waals surface area contributed by atoms with Crippen LogP contribution >= 0.6 is 0 Å². The van der Waals surface area contributed by atoms with Crippen molar-refractivity contribution in [2.24, 2.45) is 0 Å². The van der Waals surface area contributed by atoms with Gasteiger partial charge in [0.05, 0.1) is 6.10 Å². The standard InChI is InChI=1S/C15H23NO/c1-4-10-14(16-5-2)15(17-6-3)13-11-8-7-9-12-13/h4,7-9,11-12,14-16H,1,5-6,10H2,2-3H3. The summed E-state index contributed by atoms with van der Waals surface area (Å²) >= 11 is 0. The average Bonchev–Trinajstić information content (AvgIpc) is 2.37. The lowest BCUT2D eigenvalue weighted by atomic mass is 9.99. The van der Waals surface area contributed by atoms with Crippen LogP contribution in [0.15, 0.2) is 43.0 Å². The summed E-state index contributed by atoms with van der Waals surface area (Å²) in [5.41, 5.74) is 1.22. The van der Waals surface area contributed by atoms with Crippen LogP contribution in [0.4, 0.5) is 0 Å². The molecule has 1 aromatic rings. The molecule has 2 unspecified atom stereocenters. The molecule has 17 heavy (non-hydrogen) atoms. The van der Waals surface area contributed by atoms with Gasteiger partial charge in [-0.05, 0) is 25.5 Å². The molecule has 0 saturated heterocycles. The van der Waals surface area contributed by atoms with Gasteiger partial charge in [-0.1, -0.05) is 43.3 Å². The Balaban J connectivity index is 2.85. The lowest BCUT2D eigenvalue weighted by Gasteiger charge is -2.27. The van der Waals surface area contributed by atoms with Gasteiger partial charge in [0.2, 0.25) is 0 Å². The topological polar surface area (TPSA) is 21.3 Å². The monoisotopic (exact) mass is 233 g/mol. The molecule has 2 atom stereocenters. The second-order valence-electron chi connectivity index (χ2n) is 3.98. The van der Waals surface area contributed by atoms with E-state index in [1.54, 1.807) is 0 Å². The molecule has 0 amide bonds. The first-order valence-electron chi connectivity index (χ1n) is 6.34. The van der Waals surface area contributed by atoms with Crippen molar-refractivity contribution in [3.63, 3.8) is 0 Å².